The van der Waals surface area contributed by atoms with Crippen LogP contribution in [0.25, 0.3) is 10.8 Å². The molecule has 1 aliphatic heterocycles. The van der Waals surface area contributed by atoms with Gasteiger partial charge in [-0.15, -0.1) is 0 Å². The molecule has 126 valence electrons. The number of benzene rings is 2. The van der Waals surface area contributed by atoms with Gasteiger partial charge in [0.05, 0.1) is 0 Å². The standard InChI is InChI=1S/C18H21N3O3/c1-10-15(11(2)21-20-10)16(18(23)24)19-17(22)14-9-5-7-12-6-3-4-8-13(12)14/h3-11,15-16,20-21H,1-2H3,(H,19,22)(H,23,24). The number of aliphatic carboxylic acids is 1. The fourth-order valence-electron chi connectivity index (χ4n) is 3.43. The molecule has 6 nitrogen and oxygen atoms in total. The third kappa shape index (κ3) is 2.98. The smallest absolute Gasteiger partial charge is 0.326 e. The average Bonchev–Trinajstić information content (AvgIpc) is 2.90. The van der Waals surface area contributed by atoms with Gasteiger partial charge >= 0.3 is 5.97 Å². The molecule has 0 spiro atoms. The van der Waals surface area contributed by atoms with Crippen LogP contribution < -0.4 is 16.2 Å². The Kier molecular flexibility index (Phi) is 4.51. The van der Waals surface area contributed by atoms with Crippen LogP contribution in [0.5, 0.6) is 0 Å². The Labute approximate surface area is 140 Å². The van der Waals surface area contributed by atoms with Gasteiger partial charge in [0.15, 0.2) is 0 Å². The van der Waals surface area contributed by atoms with Crippen molar-refractivity contribution in [2.75, 3.05) is 0 Å². The molecule has 2 aromatic rings. The van der Waals surface area contributed by atoms with E-state index in [1.54, 1.807) is 12.1 Å². The zero-order chi connectivity index (χ0) is 17.3. The number of rotatable bonds is 4. The predicted molar refractivity (Wildman–Crippen MR) is 91.5 cm³/mol. The van der Waals surface area contributed by atoms with Crippen molar-refractivity contribution in [2.24, 2.45) is 5.92 Å². The lowest BCUT2D eigenvalue weighted by Crippen LogP contribution is -2.51. The summed E-state index contributed by atoms with van der Waals surface area (Å²) in [5.41, 5.74) is 6.55. The molecule has 3 atom stereocenters. The van der Waals surface area contributed by atoms with Crippen molar-refractivity contribution in [3.8, 4) is 0 Å². The molecule has 0 aliphatic carbocycles. The summed E-state index contributed by atoms with van der Waals surface area (Å²) in [7, 11) is 0. The van der Waals surface area contributed by atoms with E-state index in [2.05, 4.69) is 16.2 Å². The van der Waals surface area contributed by atoms with E-state index in [0.29, 0.717) is 5.56 Å². The van der Waals surface area contributed by atoms with Crippen LogP contribution in [0.2, 0.25) is 0 Å². The second-order valence-corrected chi connectivity index (χ2v) is 6.26. The molecule has 1 saturated heterocycles. The molecule has 0 radical (unpaired) electrons. The number of carboxylic acids is 1. The van der Waals surface area contributed by atoms with Crippen LogP contribution >= 0.6 is 0 Å². The lowest BCUT2D eigenvalue weighted by Gasteiger charge is -2.26. The highest BCUT2D eigenvalue weighted by atomic mass is 16.4. The average molecular weight is 327 g/mol. The first-order chi connectivity index (χ1) is 11.5. The highest BCUT2D eigenvalue weighted by molar-refractivity contribution is 6.07. The number of hydrogen-bond donors (Lipinski definition) is 4. The van der Waals surface area contributed by atoms with Crippen molar-refractivity contribution < 1.29 is 14.7 Å². The maximum Gasteiger partial charge on any atom is 0.326 e. The monoisotopic (exact) mass is 327 g/mol. The van der Waals surface area contributed by atoms with Crippen LogP contribution in [0.1, 0.15) is 24.2 Å². The molecule has 1 aliphatic rings. The topological polar surface area (TPSA) is 90.5 Å². The van der Waals surface area contributed by atoms with Crippen molar-refractivity contribution in [3.05, 3.63) is 48.0 Å². The normalized spacial score (nSPS) is 24.7. The maximum absolute atomic E-state index is 12.7. The summed E-state index contributed by atoms with van der Waals surface area (Å²) < 4.78 is 0. The molecule has 1 heterocycles. The summed E-state index contributed by atoms with van der Waals surface area (Å²) in [6, 6.07) is 11.9. The van der Waals surface area contributed by atoms with Crippen molar-refractivity contribution in [3.63, 3.8) is 0 Å². The molecule has 0 aromatic heterocycles. The fraction of sp³-hybridized carbons (Fsp3) is 0.333. The summed E-state index contributed by atoms with van der Waals surface area (Å²) >= 11 is 0. The van der Waals surface area contributed by atoms with Gasteiger partial charge in [-0.1, -0.05) is 36.4 Å². The van der Waals surface area contributed by atoms with Gasteiger partial charge in [-0.3, -0.25) is 15.6 Å². The van der Waals surface area contributed by atoms with Gasteiger partial charge in [0.1, 0.15) is 6.04 Å². The lowest BCUT2D eigenvalue weighted by atomic mass is 9.88. The van der Waals surface area contributed by atoms with Gasteiger partial charge in [0.25, 0.3) is 5.91 Å². The van der Waals surface area contributed by atoms with Crippen LogP contribution in [-0.2, 0) is 4.79 Å². The quantitative estimate of drug-likeness (QED) is 0.684. The molecule has 0 bridgehead atoms. The highest BCUT2D eigenvalue weighted by Crippen LogP contribution is 2.22. The first-order valence-corrected chi connectivity index (χ1v) is 8.01. The van der Waals surface area contributed by atoms with Gasteiger partial charge < -0.3 is 10.4 Å². The lowest BCUT2D eigenvalue weighted by molar-refractivity contribution is -0.141. The minimum atomic E-state index is -1.03. The molecule has 2 aromatic carbocycles. The summed E-state index contributed by atoms with van der Waals surface area (Å²) in [4.78, 5) is 24.5. The van der Waals surface area contributed by atoms with E-state index in [1.165, 1.54) is 0 Å². The van der Waals surface area contributed by atoms with Crippen LogP contribution in [0, 0.1) is 5.92 Å². The largest absolute Gasteiger partial charge is 0.480 e. The summed E-state index contributed by atoms with van der Waals surface area (Å²) in [6.07, 6.45) is 0. The van der Waals surface area contributed by atoms with Crippen molar-refractivity contribution in [1.29, 1.82) is 0 Å². The Morgan fingerprint density at radius 3 is 2.33 bits per heavy atom. The van der Waals surface area contributed by atoms with E-state index in [1.807, 2.05) is 44.2 Å². The van der Waals surface area contributed by atoms with Crippen LogP contribution in [0.3, 0.4) is 0 Å². The zero-order valence-corrected chi connectivity index (χ0v) is 13.6. The Balaban J connectivity index is 1.90. The number of fused-ring (bicyclic) bond motifs is 1. The molecule has 0 saturated carbocycles. The summed E-state index contributed by atoms with van der Waals surface area (Å²) in [5.74, 6) is -1.65. The Morgan fingerprint density at radius 1 is 1.04 bits per heavy atom. The van der Waals surface area contributed by atoms with Crippen molar-refractivity contribution in [2.45, 2.75) is 32.0 Å². The van der Waals surface area contributed by atoms with E-state index >= 15 is 0 Å². The van der Waals surface area contributed by atoms with Crippen molar-refractivity contribution >= 4 is 22.6 Å². The van der Waals surface area contributed by atoms with Gasteiger partial charge in [-0.05, 0) is 30.7 Å². The minimum Gasteiger partial charge on any atom is -0.480 e. The van der Waals surface area contributed by atoms with Crippen LogP contribution in [-0.4, -0.2) is 35.1 Å². The number of carboxylic acid groups (broad SMARTS) is 1. The summed E-state index contributed by atoms with van der Waals surface area (Å²) in [5, 5.41) is 14.1. The molecule has 3 unspecified atom stereocenters. The second-order valence-electron chi connectivity index (χ2n) is 6.26. The number of carbonyl (C=O) groups is 2. The van der Waals surface area contributed by atoms with E-state index in [9.17, 15) is 14.7 Å². The number of hydrazine groups is 1. The third-order valence-corrected chi connectivity index (χ3v) is 4.67. The number of amides is 1. The van der Waals surface area contributed by atoms with E-state index < -0.39 is 12.0 Å². The van der Waals surface area contributed by atoms with Crippen LogP contribution in [0.15, 0.2) is 42.5 Å². The Hall–Kier alpha value is -2.44. The fourth-order valence-corrected chi connectivity index (χ4v) is 3.43. The van der Waals surface area contributed by atoms with Gasteiger partial charge in [0, 0.05) is 23.6 Å². The Morgan fingerprint density at radius 2 is 1.67 bits per heavy atom. The first-order valence-electron chi connectivity index (χ1n) is 8.01. The number of nitrogens with one attached hydrogen (secondary N) is 3. The minimum absolute atomic E-state index is 0.0612. The molecular weight excluding hydrogens is 306 g/mol. The van der Waals surface area contributed by atoms with E-state index in [0.717, 1.165) is 10.8 Å². The highest BCUT2D eigenvalue weighted by Gasteiger charge is 2.41. The van der Waals surface area contributed by atoms with Crippen molar-refractivity contribution in [1.82, 2.24) is 16.2 Å². The zero-order valence-electron chi connectivity index (χ0n) is 13.6. The molecule has 6 heteroatoms. The Bertz CT molecular complexity index is 762. The third-order valence-electron chi connectivity index (χ3n) is 4.67. The predicted octanol–water partition coefficient (Wildman–Crippen LogP) is 1.52. The van der Waals surface area contributed by atoms with E-state index in [4.69, 9.17) is 0 Å². The number of hydrogen-bond acceptors (Lipinski definition) is 4. The molecule has 1 fully saturated rings. The van der Waals surface area contributed by atoms with Gasteiger partial charge in [-0.25, -0.2) is 4.79 Å². The summed E-state index contributed by atoms with van der Waals surface area (Å²) in [6.45, 7) is 3.81. The molecule has 1 amide bonds. The van der Waals surface area contributed by atoms with E-state index in [-0.39, 0.29) is 23.9 Å². The van der Waals surface area contributed by atoms with Gasteiger partial charge in [-0.2, -0.15) is 0 Å². The SMILES string of the molecule is CC1NNC(C)C1C(NC(=O)c1cccc2ccccc12)C(=O)O. The second kappa shape index (κ2) is 6.59. The maximum atomic E-state index is 12.7. The molecular formula is C18H21N3O3. The molecule has 3 rings (SSSR count). The van der Waals surface area contributed by atoms with Gasteiger partial charge in [0.2, 0.25) is 0 Å². The molecule has 4 N–H and O–H groups in total. The first kappa shape index (κ1) is 16.4. The molecule has 24 heavy (non-hydrogen) atoms. The van der Waals surface area contributed by atoms with Crippen LogP contribution in [0.4, 0.5) is 0 Å². The number of carbonyl (C=O) groups excluding carboxylic acids is 1.